The van der Waals surface area contributed by atoms with E-state index in [1.54, 1.807) is 16.7 Å². The summed E-state index contributed by atoms with van der Waals surface area (Å²) in [7, 11) is 0. The third-order valence-electron chi connectivity index (χ3n) is 7.26. The number of rotatable bonds is 3. The minimum Gasteiger partial charge on any atom is -0.335 e. The summed E-state index contributed by atoms with van der Waals surface area (Å²) in [5.41, 5.74) is 3.87. The average molecular weight is 498 g/mol. The molecule has 3 aliphatic rings. The molecule has 2 fully saturated rings. The third kappa shape index (κ3) is 3.99. The molecule has 0 aromatic heterocycles. The molecule has 1 spiro atoms. The molecule has 2 aromatic rings. The fourth-order valence-electron chi connectivity index (χ4n) is 5.59. The Morgan fingerprint density at radius 3 is 2.62 bits per heavy atom. The molecule has 3 amide bonds. The van der Waals surface area contributed by atoms with Crippen LogP contribution in [0.15, 0.2) is 42.5 Å². The molecule has 5 rings (SSSR count). The van der Waals surface area contributed by atoms with Gasteiger partial charge in [0.15, 0.2) is 4.87 Å². The van der Waals surface area contributed by atoms with Crippen LogP contribution in [-0.4, -0.2) is 34.2 Å². The number of nitrogens with one attached hydrogen (secondary N) is 1. The summed E-state index contributed by atoms with van der Waals surface area (Å²) >= 11 is 8.03. The maximum absolute atomic E-state index is 14.3. The standard InChI is InChI=1S/C27H32ClN3O2S/c1-18-9-7-8-10-19(18)16-30-23-14-13-20(28)15-22(23)27(24(30)32)31(17-26(2,3)34-27)25(33)29-21-11-5-4-6-12-21/h7-10,13-15,21H,4-6,11-12,16-17H2,1-3H3,(H,29,33)/t27-/m1/s1. The molecule has 7 heteroatoms. The molecule has 1 aliphatic carbocycles. The van der Waals surface area contributed by atoms with E-state index in [1.165, 1.54) is 6.42 Å². The van der Waals surface area contributed by atoms with Gasteiger partial charge in [0.1, 0.15) is 0 Å². The first-order valence-corrected chi connectivity index (χ1v) is 13.4. The first-order valence-electron chi connectivity index (χ1n) is 12.2. The molecule has 1 atom stereocenters. The maximum atomic E-state index is 14.3. The van der Waals surface area contributed by atoms with Crippen molar-refractivity contribution in [3.63, 3.8) is 0 Å². The van der Waals surface area contributed by atoms with E-state index in [4.69, 9.17) is 11.6 Å². The van der Waals surface area contributed by atoms with Gasteiger partial charge in [0.25, 0.3) is 5.91 Å². The number of hydrogen-bond donors (Lipinski definition) is 1. The van der Waals surface area contributed by atoms with Crippen molar-refractivity contribution in [3.05, 3.63) is 64.2 Å². The van der Waals surface area contributed by atoms with Crippen molar-refractivity contribution in [2.45, 2.75) is 75.1 Å². The van der Waals surface area contributed by atoms with Crippen molar-refractivity contribution in [2.75, 3.05) is 11.4 Å². The first-order chi connectivity index (χ1) is 16.2. The normalized spacial score (nSPS) is 24.1. The molecule has 1 saturated heterocycles. The molecule has 2 aromatic carbocycles. The molecule has 2 aliphatic heterocycles. The van der Waals surface area contributed by atoms with Crippen LogP contribution in [0.1, 0.15) is 62.6 Å². The van der Waals surface area contributed by atoms with Crippen LogP contribution in [0.3, 0.4) is 0 Å². The van der Waals surface area contributed by atoms with Crippen molar-refractivity contribution < 1.29 is 9.59 Å². The van der Waals surface area contributed by atoms with Gasteiger partial charge in [-0.3, -0.25) is 9.69 Å². The molecule has 0 bridgehead atoms. The lowest BCUT2D eigenvalue weighted by atomic mass is 9.95. The van der Waals surface area contributed by atoms with Crippen LogP contribution in [0.2, 0.25) is 5.02 Å². The fourth-order valence-corrected chi connectivity index (χ4v) is 7.48. The third-order valence-corrected chi connectivity index (χ3v) is 9.09. The average Bonchev–Trinajstić information content (AvgIpc) is 3.22. The number of fused-ring (bicyclic) bond motifs is 2. The maximum Gasteiger partial charge on any atom is 0.319 e. The largest absolute Gasteiger partial charge is 0.335 e. The zero-order chi connectivity index (χ0) is 24.1. The number of carbonyl (C=O) groups excluding carboxylic acids is 2. The topological polar surface area (TPSA) is 52.7 Å². The zero-order valence-corrected chi connectivity index (χ0v) is 21.6. The molecule has 0 radical (unpaired) electrons. The number of nitrogens with zero attached hydrogens (tertiary/aromatic N) is 2. The Bertz CT molecular complexity index is 1130. The molecule has 2 heterocycles. The molecular formula is C27H32ClN3O2S. The molecular weight excluding hydrogens is 466 g/mol. The Kier molecular flexibility index (Phi) is 6.09. The summed E-state index contributed by atoms with van der Waals surface area (Å²) in [5.74, 6) is -0.0672. The van der Waals surface area contributed by atoms with Gasteiger partial charge in [-0.2, -0.15) is 0 Å². The van der Waals surface area contributed by atoms with Crippen molar-refractivity contribution in [1.82, 2.24) is 10.2 Å². The highest BCUT2D eigenvalue weighted by atomic mass is 35.5. The number of thioether (sulfide) groups is 1. The van der Waals surface area contributed by atoms with E-state index in [0.29, 0.717) is 18.1 Å². The van der Waals surface area contributed by atoms with E-state index < -0.39 is 4.87 Å². The molecule has 1 N–H and O–H groups in total. The van der Waals surface area contributed by atoms with Gasteiger partial charge in [0.2, 0.25) is 0 Å². The van der Waals surface area contributed by atoms with Gasteiger partial charge in [-0.15, -0.1) is 11.8 Å². The van der Waals surface area contributed by atoms with Gasteiger partial charge >= 0.3 is 6.03 Å². The predicted molar refractivity (Wildman–Crippen MR) is 139 cm³/mol. The monoisotopic (exact) mass is 497 g/mol. The van der Waals surface area contributed by atoms with Gasteiger partial charge in [-0.25, -0.2) is 4.79 Å². The summed E-state index contributed by atoms with van der Waals surface area (Å²) in [6, 6.07) is 13.8. The summed E-state index contributed by atoms with van der Waals surface area (Å²) in [6.07, 6.45) is 5.49. The lowest BCUT2D eigenvalue weighted by Crippen LogP contribution is -2.55. The highest BCUT2D eigenvalue weighted by molar-refractivity contribution is 8.02. The van der Waals surface area contributed by atoms with E-state index in [1.807, 2.05) is 35.2 Å². The SMILES string of the molecule is Cc1ccccc1CN1C(=O)[C@]2(SC(C)(C)CN2C(=O)NC2CCCCC2)c2cc(Cl)ccc21. The summed E-state index contributed by atoms with van der Waals surface area (Å²) in [6.45, 7) is 7.22. The zero-order valence-electron chi connectivity index (χ0n) is 20.1. The van der Waals surface area contributed by atoms with Crippen molar-refractivity contribution in [2.24, 2.45) is 0 Å². The van der Waals surface area contributed by atoms with Crippen LogP contribution in [0, 0.1) is 6.92 Å². The number of aryl methyl sites for hydroxylation is 1. The summed E-state index contributed by atoms with van der Waals surface area (Å²) in [4.78, 5) is 30.6. The first kappa shape index (κ1) is 23.6. The van der Waals surface area contributed by atoms with Gasteiger partial charge < -0.3 is 10.2 Å². The quantitative estimate of drug-likeness (QED) is 0.547. The van der Waals surface area contributed by atoms with Gasteiger partial charge in [-0.05, 0) is 62.9 Å². The van der Waals surface area contributed by atoms with Crippen LogP contribution in [0.25, 0.3) is 0 Å². The van der Waals surface area contributed by atoms with Crippen LogP contribution in [0.4, 0.5) is 10.5 Å². The molecule has 0 unspecified atom stereocenters. The number of amides is 3. The summed E-state index contributed by atoms with van der Waals surface area (Å²) < 4.78 is -0.280. The van der Waals surface area contributed by atoms with E-state index in [-0.39, 0.29) is 22.7 Å². The van der Waals surface area contributed by atoms with Crippen molar-refractivity contribution >= 4 is 41.0 Å². The number of carbonyl (C=O) groups is 2. The number of anilines is 1. The molecule has 1 saturated carbocycles. The van der Waals surface area contributed by atoms with E-state index in [2.05, 4.69) is 38.2 Å². The van der Waals surface area contributed by atoms with E-state index in [9.17, 15) is 9.59 Å². The predicted octanol–water partition coefficient (Wildman–Crippen LogP) is 6.22. The Morgan fingerprint density at radius 2 is 1.88 bits per heavy atom. The highest BCUT2D eigenvalue weighted by Crippen LogP contribution is 2.60. The Hall–Kier alpha value is -2.18. The smallest absolute Gasteiger partial charge is 0.319 e. The minimum absolute atomic E-state index is 0.0672. The minimum atomic E-state index is -1.12. The summed E-state index contributed by atoms with van der Waals surface area (Å²) in [5, 5.41) is 3.83. The Morgan fingerprint density at radius 1 is 1.15 bits per heavy atom. The second kappa shape index (κ2) is 8.80. The van der Waals surface area contributed by atoms with E-state index in [0.717, 1.165) is 48.1 Å². The highest BCUT2D eigenvalue weighted by Gasteiger charge is 2.64. The molecule has 5 nitrogen and oxygen atoms in total. The molecule has 180 valence electrons. The molecule has 34 heavy (non-hydrogen) atoms. The van der Waals surface area contributed by atoms with Gasteiger partial charge in [0, 0.05) is 27.9 Å². The lowest BCUT2D eigenvalue weighted by Gasteiger charge is -2.35. The number of hydrogen-bond acceptors (Lipinski definition) is 3. The number of benzene rings is 2. The van der Waals surface area contributed by atoms with Crippen LogP contribution in [-0.2, 0) is 16.2 Å². The van der Waals surface area contributed by atoms with Crippen molar-refractivity contribution in [1.29, 1.82) is 0 Å². The van der Waals surface area contributed by atoms with Crippen molar-refractivity contribution in [3.8, 4) is 0 Å². The van der Waals surface area contributed by atoms with Gasteiger partial charge in [-0.1, -0.05) is 55.1 Å². The Balaban J connectivity index is 1.56. The lowest BCUT2D eigenvalue weighted by molar-refractivity contribution is -0.123. The Labute approximate surface area is 211 Å². The second-order valence-corrected chi connectivity index (χ2v) is 12.7. The van der Waals surface area contributed by atoms with Crippen LogP contribution < -0.4 is 10.2 Å². The number of halogens is 1. The van der Waals surface area contributed by atoms with Gasteiger partial charge in [0.05, 0.1) is 12.2 Å². The van der Waals surface area contributed by atoms with E-state index >= 15 is 0 Å². The van der Waals surface area contributed by atoms with Crippen LogP contribution >= 0.6 is 23.4 Å². The fraction of sp³-hybridized carbons (Fsp3) is 0.481. The second-order valence-electron chi connectivity index (χ2n) is 10.4. The number of urea groups is 1. The van der Waals surface area contributed by atoms with Crippen LogP contribution in [0.5, 0.6) is 0 Å².